The van der Waals surface area contributed by atoms with E-state index >= 15 is 0 Å². The van der Waals surface area contributed by atoms with E-state index in [2.05, 4.69) is 41.5 Å². The molecule has 4 atom stereocenters. The molecule has 5 rings (SSSR count). The van der Waals surface area contributed by atoms with Gasteiger partial charge in [-0.1, -0.05) is 26.0 Å². The molecular weight excluding hydrogens is 384 g/mol. The minimum absolute atomic E-state index is 0.0552. The lowest BCUT2D eigenvalue weighted by Crippen LogP contribution is -2.35. The van der Waals surface area contributed by atoms with Crippen molar-refractivity contribution < 1.29 is 10.2 Å². The Morgan fingerprint density at radius 3 is 2.79 bits per heavy atom. The number of hydrogen-bond donors (Lipinski definition) is 3. The summed E-state index contributed by atoms with van der Waals surface area (Å²) in [5.74, 6) is 0.820. The largest absolute Gasteiger partial charge is 0.390 e. The summed E-state index contributed by atoms with van der Waals surface area (Å²) in [6, 6.07) is 12.4. The average molecular weight is 409 g/mol. The molecule has 1 fully saturated rings. The van der Waals surface area contributed by atoms with E-state index in [9.17, 15) is 10.2 Å². The van der Waals surface area contributed by atoms with Crippen molar-refractivity contribution >= 4 is 32.9 Å². The normalized spacial score (nSPS) is 24.6. The highest BCUT2D eigenvalue weighted by molar-refractivity contribution is 7.22. The van der Waals surface area contributed by atoms with Crippen LogP contribution < -0.4 is 5.32 Å². The van der Waals surface area contributed by atoms with Crippen LogP contribution in [-0.2, 0) is 6.42 Å². The summed E-state index contributed by atoms with van der Waals surface area (Å²) < 4.78 is 3.02. The van der Waals surface area contributed by atoms with E-state index < -0.39 is 12.2 Å². The predicted octanol–water partition coefficient (Wildman–Crippen LogP) is 3.72. The molecule has 1 aromatic carbocycles. The van der Waals surface area contributed by atoms with Crippen molar-refractivity contribution in [1.82, 2.24) is 14.6 Å². The minimum Gasteiger partial charge on any atom is -0.390 e. The Hall–Kier alpha value is -2.48. The van der Waals surface area contributed by atoms with Crippen LogP contribution in [0.1, 0.15) is 25.8 Å². The second kappa shape index (κ2) is 7.09. The van der Waals surface area contributed by atoms with Gasteiger partial charge in [0, 0.05) is 17.0 Å². The number of thiophene rings is 1. The van der Waals surface area contributed by atoms with Gasteiger partial charge in [0.2, 0.25) is 0 Å². The molecule has 6 nitrogen and oxygen atoms in total. The Balaban J connectivity index is 1.50. The van der Waals surface area contributed by atoms with Crippen molar-refractivity contribution in [3.63, 3.8) is 0 Å². The third-order valence-electron chi connectivity index (χ3n) is 5.90. The Labute approximate surface area is 172 Å². The lowest BCUT2D eigenvalue weighted by molar-refractivity contribution is 0.0210. The van der Waals surface area contributed by atoms with Gasteiger partial charge < -0.3 is 15.5 Å². The molecule has 0 aliphatic heterocycles. The Bertz CT molecular complexity index is 1180. The topological polar surface area (TPSA) is 82.7 Å². The summed E-state index contributed by atoms with van der Waals surface area (Å²) >= 11 is 1.73. The van der Waals surface area contributed by atoms with Crippen molar-refractivity contribution in [3.8, 4) is 10.6 Å². The number of fused-ring (bicyclic) bond motifs is 2. The van der Waals surface area contributed by atoms with Crippen molar-refractivity contribution in [3.05, 3.63) is 48.2 Å². The predicted molar refractivity (Wildman–Crippen MR) is 116 cm³/mol. The SMILES string of the molecule is CCc1ccc2sc(-c3cc4nccc(N[C@@H]5C[C@@H](C)[C@@H](O)[C@H]5O)n4n3)cc2c1. The molecule has 1 aliphatic carbocycles. The quantitative estimate of drug-likeness (QED) is 0.479. The molecule has 1 aliphatic rings. The Morgan fingerprint density at radius 2 is 2.03 bits per heavy atom. The maximum atomic E-state index is 10.3. The first kappa shape index (κ1) is 18.5. The first-order valence-corrected chi connectivity index (χ1v) is 10.9. The molecule has 4 aromatic rings. The molecular formula is C22H24N4O2S. The molecule has 0 spiro atoms. The summed E-state index contributed by atoms with van der Waals surface area (Å²) in [5.41, 5.74) is 2.96. The lowest BCUT2D eigenvalue weighted by Gasteiger charge is -2.19. The zero-order chi connectivity index (χ0) is 20.1. The van der Waals surface area contributed by atoms with Gasteiger partial charge in [0.15, 0.2) is 5.65 Å². The van der Waals surface area contributed by atoms with E-state index in [1.165, 1.54) is 15.6 Å². The number of aryl methyl sites for hydroxylation is 1. The maximum Gasteiger partial charge on any atom is 0.157 e. The maximum absolute atomic E-state index is 10.3. The molecule has 0 unspecified atom stereocenters. The number of benzene rings is 1. The molecule has 0 amide bonds. The van der Waals surface area contributed by atoms with E-state index in [1.54, 1.807) is 22.0 Å². The fraction of sp³-hybridized carbons (Fsp3) is 0.364. The van der Waals surface area contributed by atoms with Gasteiger partial charge in [-0.3, -0.25) is 0 Å². The number of anilines is 1. The average Bonchev–Trinajstić information content (AvgIpc) is 3.40. The third-order valence-corrected chi connectivity index (χ3v) is 7.04. The molecule has 3 N–H and O–H groups in total. The Morgan fingerprint density at radius 1 is 1.17 bits per heavy atom. The molecule has 29 heavy (non-hydrogen) atoms. The van der Waals surface area contributed by atoms with Crippen LogP contribution in [0.2, 0.25) is 0 Å². The number of aliphatic hydroxyl groups is 2. The van der Waals surface area contributed by atoms with Gasteiger partial charge in [0.1, 0.15) is 17.6 Å². The number of aromatic nitrogens is 3. The molecule has 3 aromatic heterocycles. The van der Waals surface area contributed by atoms with Crippen molar-refractivity contribution in [2.24, 2.45) is 5.92 Å². The number of rotatable bonds is 4. The molecule has 0 bridgehead atoms. The monoisotopic (exact) mass is 408 g/mol. The van der Waals surface area contributed by atoms with Gasteiger partial charge >= 0.3 is 0 Å². The highest BCUT2D eigenvalue weighted by Gasteiger charge is 2.39. The molecule has 7 heteroatoms. The lowest BCUT2D eigenvalue weighted by atomic mass is 10.1. The summed E-state index contributed by atoms with van der Waals surface area (Å²) in [7, 11) is 0. The van der Waals surface area contributed by atoms with Crippen LogP contribution in [0, 0.1) is 5.92 Å². The molecule has 150 valence electrons. The second-order valence-corrected chi connectivity index (χ2v) is 8.99. The minimum atomic E-state index is -0.793. The Kier molecular flexibility index (Phi) is 4.53. The van der Waals surface area contributed by atoms with E-state index in [4.69, 9.17) is 5.10 Å². The fourth-order valence-electron chi connectivity index (χ4n) is 4.15. The summed E-state index contributed by atoms with van der Waals surface area (Å²) in [6.07, 6.45) is 1.97. The second-order valence-electron chi connectivity index (χ2n) is 7.91. The first-order chi connectivity index (χ1) is 14.0. The van der Waals surface area contributed by atoms with Crippen LogP contribution in [0.3, 0.4) is 0 Å². The van der Waals surface area contributed by atoms with E-state index in [1.807, 2.05) is 19.1 Å². The highest BCUT2D eigenvalue weighted by atomic mass is 32.1. The van der Waals surface area contributed by atoms with E-state index in [0.717, 1.165) is 28.5 Å². The van der Waals surface area contributed by atoms with E-state index in [-0.39, 0.29) is 12.0 Å². The van der Waals surface area contributed by atoms with Gasteiger partial charge in [0.05, 0.1) is 17.0 Å². The van der Waals surface area contributed by atoms with Gasteiger partial charge in [-0.2, -0.15) is 9.61 Å². The number of nitrogens with one attached hydrogen (secondary N) is 1. The number of aliphatic hydroxyl groups excluding tert-OH is 2. The van der Waals surface area contributed by atoms with E-state index in [0.29, 0.717) is 6.42 Å². The number of nitrogens with zero attached hydrogens (tertiary/aromatic N) is 3. The standard InChI is InChI=1S/C22H24N4O2S/c1-3-13-4-5-17-14(9-13)10-18(29-17)15-11-20-23-7-6-19(26(20)25-15)24-16-8-12(2)21(27)22(16)28/h4-7,9-12,16,21-22,24,27-28H,3,8H2,1-2H3/t12-,16-,21-,22+/m1/s1. The highest BCUT2D eigenvalue weighted by Crippen LogP contribution is 2.34. The number of hydrogen-bond acceptors (Lipinski definition) is 6. The zero-order valence-corrected chi connectivity index (χ0v) is 17.2. The summed E-state index contributed by atoms with van der Waals surface area (Å²) in [4.78, 5) is 5.55. The summed E-state index contributed by atoms with van der Waals surface area (Å²) in [5, 5.41) is 29.8. The summed E-state index contributed by atoms with van der Waals surface area (Å²) in [6.45, 7) is 4.12. The van der Waals surface area contributed by atoms with Gasteiger partial charge in [-0.25, -0.2) is 4.98 Å². The fourth-order valence-corrected chi connectivity index (χ4v) is 5.15. The zero-order valence-electron chi connectivity index (χ0n) is 16.4. The molecule has 0 saturated heterocycles. The van der Waals surface area contributed by atoms with Crippen LogP contribution >= 0.6 is 11.3 Å². The molecule has 0 radical (unpaired) electrons. The van der Waals surface area contributed by atoms with Crippen LogP contribution in [0.5, 0.6) is 0 Å². The van der Waals surface area contributed by atoms with Gasteiger partial charge in [-0.05, 0) is 47.9 Å². The van der Waals surface area contributed by atoms with Crippen molar-refractivity contribution in [1.29, 1.82) is 0 Å². The molecule has 1 saturated carbocycles. The van der Waals surface area contributed by atoms with Crippen LogP contribution in [0.4, 0.5) is 5.82 Å². The van der Waals surface area contributed by atoms with Crippen LogP contribution in [-0.4, -0.2) is 43.1 Å². The third kappa shape index (κ3) is 3.19. The smallest absolute Gasteiger partial charge is 0.157 e. The van der Waals surface area contributed by atoms with Crippen LogP contribution in [0.15, 0.2) is 42.6 Å². The van der Waals surface area contributed by atoms with Crippen LogP contribution in [0.25, 0.3) is 26.3 Å². The van der Waals surface area contributed by atoms with Gasteiger partial charge in [0.25, 0.3) is 0 Å². The van der Waals surface area contributed by atoms with Crippen molar-refractivity contribution in [2.75, 3.05) is 5.32 Å². The van der Waals surface area contributed by atoms with Gasteiger partial charge in [-0.15, -0.1) is 11.3 Å². The van der Waals surface area contributed by atoms with Crippen molar-refractivity contribution in [2.45, 2.75) is 44.9 Å². The first-order valence-electron chi connectivity index (χ1n) is 10.0. The molecule has 3 heterocycles.